The second kappa shape index (κ2) is 9.20. The summed E-state index contributed by atoms with van der Waals surface area (Å²) >= 11 is 7.61. The van der Waals surface area contributed by atoms with Crippen molar-refractivity contribution in [2.75, 3.05) is 17.7 Å². The van der Waals surface area contributed by atoms with Gasteiger partial charge in [-0.1, -0.05) is 29.8 Å². The predicted octanol–water partition coefficient (Wildman–Crippen LogP) is 6.78. The number of aromatic nitrogens is 1. The molecule has 0 saturated carbocycles. The maximum Gasteiger partial charge on any atom is 0.255 e. The SMILES string of the molecule is COc1ccc(C(=O)Nc2cccc(-c3csc(Nc4cc(Cl)ccc4C)n3)c2)cc1. The van der Waals surface area contributed by atoms with Crippen molar-refractivity contribution in [2.24, 2.45) is 0 Å². The van der Waals surface area contributed by atoms with Gasteiger partial charge in [-0.05, 0) is 61.0 Å². The standard InChI is InChI=1S/C24H20ClN3O2S/c1-15-6-9-18(25)13-21(15)27-24-28-22(14-31-24)17-4-3-5-19(12-17)26-23(29)16-7-10-20(30-2)11-8-16/h3-14H,1-2H3,(H,26,29)(H,27,28). The summed E-state index contributed by atoms with van der Waals surface area (Å²) in [6.45, 7) is 2.02. The van der Waals surface area contributed by atoms with E-state index in [1.54, 1.807) is 31.4 Å². The number of rotatable bonds is 6. The highest BCUT2D eigenvalue weighted by atomic mass is 35.5. The van der Waals surface area contributed by atoms with E-state index < -0.39 is 0 Å². The van der Waals surface area contributed by atoms with Gasteiger partial charge in [0.25, 0.3) is 5.91 Å². The van der Waals surface area contributed by atoms with Crippen molar-refractivity contribution in [3.05, 3.63) is 88.3 Å². The summed E-state index contributed by atoms with van der Waals surface area (Å²) in [7, 11) is 1.59. The third-order valence-electron chi connectivity index (χ3n) is 4.71. The molecule has 4 aromatic rings. The molecule has 0 aliphatic heterocycles. The largest absolute Gasteiger partial charge is 0.497 e. The second-order valence-corrected chi connectivity index (χ2v) is 8.18. The van der Waals surface area contributed by atoms with Gasteiger partial charge in [0.1, 0.15) is 5.75 Å². The van der Waals surface area contributed by atoms with Crippen LogP contribution in [0.1, 0.15) is 15.9 Å². The summed E-state index contributed by atoms with van der Waals surface area (Å²) in [6, 6.07) is 20.3. The average molecular weight is 450 g/mol. The third kappa shape index (κ3) is 5.05. The molecule has 4 rings (SSSR count). The fraction of sp³-hybridized carbons (Fsp3) is 0.0833. The van der Waals surface area contributed by atoms with Crippen molar-refractivity contribution in [2.45, 2.75) is 6.92 Å². The minimum Gasteiger partial charge on any atom is -0.497 e. The zero-order valence-electron chi connectivity index (χ0n) is 17.0. The molecule has 0 fully saturated rings. The van der Waals surface area contributed by atoms with E-state index in [1.165, 1.54) is 11.3 Å². The summed E-state index contributed by atoms with van der Waals surface area (Å²) in [5, 5.41) is 9.68. The number of ether oxygens (including phenoxy) is 1. The molecular weight excluding hydrogens is 430 g/mol. The van der Waals surface area contributed by atoms with E-state index in [9.17, 15) is 4.79 Å². The van der Waals surface area contributed by atoms with E-state index >= 15 is 0 Å². The highest BCUT2D eigenvalue weighted by Crippen LogP contribution is 2.30. The Balaban J connectivity index is 1.49. The molecule has 1 heterocycles. The smallest absolute Gasteiger partial charge is 0.255 e. The highest BCUT2D eigenvalue weighted by Gasteiger charge is 2.10. The van der Waals surface area contributed by atoms with Crippen LogP contribution in [0.15, 0.2) is 72.1 Å². The molecule has 2 N–H and O–H groups in total. The lowest BCUT2D eigenvalue weighted by atomic mass is 10.1. The maximum absolute atomic E-state index is 12.5. The van der Waals surface area contributed by atoms with Crippen molar-refractivity contribution in [1.29, 1.82) is 0 Å². The summed E-state index contributed by atoms with van der Waals surface area (Å²) in [6.07, 6.45) is 0. The van der Waals surface area contributed by atoms with Crippen LogP contribution in [0.4, 0.5) is 16.5 Å². The van der Waals surface area contributed by atoms with Gasteiger partial charge < -0.3 is 15.4 Å². The number of amides is 1. The Hall–Kier alpha value is -3.35. The van der Waals surface area contributed by atoms with Gasteiger partial charge in [0, 0.05) is 32.9 Å². The normalized spacial score (nSPS) is 10.5. The van der Waals surface area contributed by atoms with Crippen LogP contribution in [0.3, 0.4) is 0 Å². The Bertz CT molecular complexity index is 1220. The molecule has 156 valence electrons. The zero-order chi connectivity index (χ0) is 21.8. The lowest BCUT2D eigenvalue weighted by Gasteiger charge is -2.08. The number of nitrogens with one attached hydrogen (secondary N) is 2. The minimum absolute atomic E-state index is 0.183. The van der Waals surface area contributed by atoms with Gasteiger partial charge in [-0.3, -0.25) is 4.79 Å². The van der Waals surface area contributed by atoms with Gasteiger partial charge in [-0.2, -0.15) is 0 Å². The molecule has 1 amide bonds. The Morgan fingerprint density at radius 2 is 1.87 bits per heavy atom. The first-order valence-corrected chi connectivity index (χ1v) is 10.8. The minimum atomic E-state index is -0.183. The Labute approximate surface area is 189 Å². The Morgan fingerprint density at radius 1 is 1.06 bits per heavy atom. The van der Waals surface area contributed by atoms with Gasteiger partial charge in [0.15, 0.2) is 5.13 Å². The molecule has 0 saturated heterocycles. The maximum atomic E-state index is 12.5. The quantitative estimate of drug-likeness (QED) is 0.340. The molecule has 0 bridgehead atoms. The number of nitrogens with zero attached hydrogens (tertiary/aromatic N) is 1. The van der Waals surface area contributed by atoms with E-state index in [1.807, 2.05) is 54.8 Å². The van der Waals surface area contributed by atoms with Gasteiger partial charge in [0.05, 0.1) is 12.8 Å². The number of aryl methyl sites for hydroxylation is 1. The predicted molar refractivity (Wildman–Crippen MR) is 128 cm³/mol. The van der Waals surface area contributed by atoms with E-state index in [-0.39, 0.29) is 5.91 Å². The molecule has 31 heavy (non-hydrogen) atoms. The number of methoxy groups -OCH3 is 1. The van der Waals surface area contributed by atoms with Gasteiger partial charge in [-0.25, -0.2) is 4.98 Å². The van der Waals surface area contributed by atoms with E-state index in [0.717, 1.165) is 27.6 Å². The van der Waals surface area contributed by atoms with Crippen LogP contribution < -0.4 is 15.4 Å². The van der Waals surface area contributed by atoms with Crippen LogP contribution in [-0.2, 0) is 0 Å². The number of hydrogen-bond donors (Lipinski definition) is 2. The molecule has 5 nitrogen and oxygen atoms in total. The van der Waals surface area contributed by atoms with Gasteiger partial charge in [-0.15, -0.1) is 11.3 Å². The van der Waals surface area contributed by atoms with Crippen molar-refractivity contribution in [3.63, 3.8) is 0 Å². The lowest BCUT2D eigenvalue weighted by Crippen LogP contribution is -2.11. The van der Waals surface area contributed by atoms with Crippen molar-refractivity contribution < 1.29 is 9.53 Å². The second-order valence-electron chi connectivity index (χ2n) is 6.89. The summed E-state index contributed by atoms with van der Waals surface area (Å²) in [5.74, 6) is 0.524. The lowest BCUT2D eigenvalue weighted by molar-refractivity contribution is 0.102. The van der Waals surface area contributed by atoms with Crippen molar-refractivity contribution >= 4 is 45.4 Å². The number of carbonyl (C=O) groups excluding carboxylic acids is 1. The molecule has 0 atom stereocenters. The summed E-state index contributed by atoms with van der Waals surface area (Å²) in [5.41, 5.74) is 5.01. The Morgan fingerprint density at radius 3 is 2.65 bits per heavy atom. The fourth-order valence-electron chi connectivity index (χ4n) is 3.01. The molecule has 0 spiro atoms. The number of thiazole rings is 1. The number of carbonyl (C=O) groups is 1. The molecule has 7 heteroatoms. The number of benzene rings is 3. The molecule has 0 radical (unpaired) electrons. The van der Waals surface area contributed by atoms with Gasteiger partial charge >= 0.3 is 0 Å². The van der Waals surface area contributed by atoms with Crippen molar-refractivity contribution in [1.82, 2.24) is 4.98 Å². The molecular formula is C24H20ClN3O2S. The molecule has 0 aliphatic rings. The first-order valence-electron chi connectivity index (χ1n) is 9.56. The van der Waals surface area contributed by atoms with Crippen LogP contribution in [0.25, 0.3) is 11.3 Å². The van der Waals surface area contributed by atoms with E-state index in [4.69, 9.17) is 16.3 Å². The number of anilines is 3. The van der Waals surface area contributed by atoms with Gasteiger partial charge in [0.2, 0.25) is 0 Å². The third-order valence-corrected chi connectivity index (χ3v) is 5.71. The molecule has 0 aliphatic carbocycles. The average Bonchev–Trinajstić information content (AvgIpc) is 3.25. The monoisotopic (exact) mass is 449 g/mol. The summed E-state index contributed by atoms with van der Waals surface area (Å²) in [4.78, 5) is 17.2. The Kier molecular flexibility index (Phi) is 6.21. The van der Waals surface area contributed by atoms with Crippen molar-refractivity contribution in [3.8, 4) is 17.0 Å². The fourth-order valence-corrected chi connectivity index (χ4v) is 3.91. The zero-order valence-corrected chi connectivity index (χ0v) is 18.6. The van der Waals surface area contributed by atoms with E-state index in [2.05, 4.69) is 15.6 Å². The number of hydrogen-bond acceptors (Lipinski definition) is 5. The summed E-state index contributed by atoms with van der Waals surface area (Å²) < 4.78 is 5.13. The van der Waals surface area contributed by atoms with Crippen LogP contribution >= 0.6 is 22.9 Å². The van der Waals surface area contributed by atoms with Crippen LogP contribution in [0.5, 0.6) is 5.75 Å². The first kappa shape index (κ1) is 20.9. The van der Waals surface area contributed by atoms with Crippen LogP contribution in [0, 0.1) is 6.92 Å². The number of halogens is 1. The van der Waals surface area contributed by atoms with Crippen LogP contribution in [-0.4, -0.2) is 18.0 Å². The van der Waals surface area contributed by atoms with Crippen LogP contribution in [0.2, 0.25) is 5.02 Å². The van der Waals surface area contributed by atoms with E-state index in [0.29, 0.717) is 22.0 Å². The molecule has 1 aromatic heterocycles. The molecule has 3 aromatic carbocycles. The first-order chi connectivity index (χ1) is 15.0. The topological polar surface area (TPSA) is 63.2 Å². The highest BCUT2D eigenvalue weighted by molar-refractivity contribution is 7.14. The molecule has 0 unspecified atom stereocenters.